The number of anilines is 2. The molecule has 2 heterocycles. The fraction of sp³-hybridized carbons (Fsp3) is 0.130. The van der Waals surface area contributed by atoms with Crippen molar-refractivity contribution in [3.05, 3.63) is 83.4 Å². The summed E-state index contributed by atoms with van der Waals surface area (Å²) in [6.45, 7) is 0.445. The Morgan fingerprint density at radius 3 is 2.68 bits per heavy atom. The van der Waals surface area contributed by atoms with E-state index in [4.69, 9.17) is 0 Å². The average molecular weight is 450 g/mol. The Morgan fingerprint density at radius 2 is 1.84 bits per heavy atom. The van der Waals surface area contributed by atoms with Crippen LogP contribution in [-0.4, -0.2) is 25.9 Å². The standard InChI is InChI=1S/C23H19N3O3S2/c27-23(25-18-9-12-22-20(14-18)24-15-30-22)17-7-10-19(11-8-17)31(28,29)26-13-3-5-16-4-1-2-6-21(16)26/h1-2,4,6-12,14-15H,3,5,13H2,(H,25,27). The fourth-order valence-corrected chi connectivity index (χ4v) is 5.99. The van der Waals surface area contributed by atoms with Crippen LogP contribution in [-0.2, 0) is 16.4 Å². The molecule has 0 bridgehead atoms. The van der Waals surface area contributed by atoms with Crippen LogP contribution in [0.15, 0.2) is 77.1 Å². The van der Waals surface area contributed by atoms with Crippen molar-refractivity contribution in [3.63, 3.8) is 0 Å². The molecule has 1 aliphatic rings. The lowest BCUT2D eigenvalue weighted by atomic mass is 10.0. The number of sulfonamides is 1. The molecule has 1 N–H and O–H groups in total. The second kappa shape index (κ2) is 7.79. The third-order valence-electron chi connectivity index (χ3n) is 5.36. The van der Waals surface area contributed by atoms with Gasteiger partial charge in [0.2, 0.25) is 0 Å². The molecule has 0 fully saturated rings. The summed E-state index contributed by atoms with van der Waals surface area (Å²) in [7, 11) is -3.70. The summed E-state index contributed by atoms with van der Waals surface area (Å²) in [4.78, 5) is 17.1. The van der Waals surface area contributed by atoms with Crippen LogP contribution < -0.4 is 9.62 Å². The van der Waals surface area contributed by atoms with Crippen molar-refractivity contribution < 1.29 is 13.2 Å². The molecule has 3 aromatic carbocycles. The molecule has 0 unspecified atom stereocenters. The van der Waals surface area contributed by atoms with Gasteiger partial charge in [-0.1, -0.05) is 18.2 Å². The van der Waals surface area contributed by atoms with Crippen molar-refractivity contribution in [2.24, 2.45) is 0 Å². The normalized spacial score (nSPS) is 13.7. The number of hydrogen-bond donors (Lipinski definition) is 1. The maximum Gasteiger partial charge on any atom is 0.264 e. The third-order valence-corrected chi connectivity index (χ3v) is 8.00. The zero-order valence-corrected chi connectivity index (χ0v) is 18.1. The minimum Gasteiger partial charge on any atom is -0.322 e. The number of benzene rings is 3. The van der Waals surface area contributed by atoms with Gasteiger partial charge in [-0.25, -0.2) is 13.4 Å². The fourth-order valence-electron chi connectivity index (χ4n) is 3.79. The number of fused-ring (bicyclic) bond motifs is 2. The molecule has 1 aromatic heterocycles. The summed E-state index contributed by atoms with van der Waals surface area (Å²) < 4.78 is 29.0. The van der Waals surface area contributed by atoms with Gasteiger partial charge >= 0.3 is 0 Å². The van der Waals surface area contributed by atoms with E-state index in [1.54, 1.807) is 17.6 Å². The first kappa shape index (κ1) is 19.7. The minimum absolute atomic E-state index is 0.171. The van der Waals surface area contributed by atoms with Crippen molar-refractivity contribution >= 4 is 48.9 Å². The quantitative estimate of drug-likeness (QED) is 0.490. The van der Waals surface area contributed by atoms with E-state index in [2.05, 4.69) is 10.3 Å². The molecule has 0 spiro atoms. The first-order valence-corrected chi connectivity index (χ1v) is 12.2. The number of carbonyl (C=O) groups is 1. The molecule has 31 heavy (non-hydrogen) atoms. The molecule has 156 valence electrons. The number of nitrogens with zero attached hydrogens (tertiary/aromatic N) is 2. The Morgan fingerprint density at radius 1 is 1.03 bits per heavy atom. The van der Waals surface area contributed by atoms with Crippen LogP contribution in [0.25, 0.3) is 10.2 Å². The summed E-state index contributed by atoms with van der Waals surface area (Å²) >= 11 is 1.54. The van der Waals surface area contributed by atoms with Gasteiger partial charge in [0.25, 0.3) is 15.9 Å². The Kier molecular flexibility index (Phi) is 4.95. The number of aryl methyl sites for hydroxylation is 1. The lowest BCUT2D eigenvalue weighted by Gasteiger charge is -2.30. The van der Waals surface area contributed by atoms with Gasteiger partial charge in [-0.15, -0.1) is 11.3 Å². The number of aromatic nitrogens is 1. The Bertz CT molecular complexity index is 1380. The minimum atomic E-state index is -3.70. The summed E-state index contributed by atoms with van der Waals surface area (Å²) in [6, 6.07) is 19.2. The van der Waals surface area contributed by atoms with Crippen LogP contribution in [0.3, 0.4) is 0 Å². The topological polar surface area (TPSA) is 79.4 Å². The van der Waals surface area contributed by atoms with Crippen LogP contribution in [0.5, 0.6) is 0 Å². The predicted octanol–water partition coefficient (Wildman–Crippen LogP) is 4.69. The van der Waals surface area contributed by atoms with Crippen molar-refractivity contribution in [2.45, 2.75) is 17.7 Å². The second-order valence-corrected chi connectivity index (χ2v) is 10.1. The number of nitrogens with one attached hydrogen (secondary N) is 1. The molecular formula is C23H19N3O3S2. The summed E-state index contributed by atoms with van der Waals surface area (Å²) in [5, 5.41) is 2.84. The van der Waals surface area contributed by atoms with Crippen molar-refractivity contribution in [3.8, 4) is 0 Å². The van der Waals surface area contributed by atoms with E-state index in [0.29, 0.717) is 17.8 Å². The first-order chi connectivity index (χ1) is 15.0. The molecule has 0 radical (unpaired) electrons. The van der Waals surface area contributed by atoms with E-state index >= 15 is 0 Å². The SMILES string of the molecule is O=C(Nc1ccc2scnc2c1)c1ccc(S(=O)(=O)N2CCCc3ccccc32)cc1. The number of hydrogen-bond acceptors (Lipinski definition) is 5. The predicted molar refractivity (Wildman–Crippen MR) is 123 cm³/mol. The monoisotopic (exact) mass is 449 g/mol. The van der Waals surface area contributed by atoms with Gasteiger partial charge < -0.3 is 5.32 Å². The van der Waals surface area contributed by atoms with Crippen molar-refractivity contribution in [2.75, 3.05) is 16.2 Å². The van der Waals surface area contributed by atoms with Crippen LogP contribution in [0, 0.1) is 0 Å². The zero-order chi connectivity index (χ0) is 21.4. The summed E-state index contributed by atoms with van der Waals surface area (Å²) in [6.07, 6.45) is 1.65. The maximum atomic E-state index is 13.2. The lowest BCUT2D eigenvalue weighted by molar-refractivity contribution is 0.102. The molecule has 6 nitrogen and oxygen atoms in total. The van der Waals surface area contributed by atoms with Crippen LogP contribution in [0.4, 0.5) is 11.4 Å². The highest BCUT2D eigenvalue weighted by Crippen LogP contribution is 2.32. The van der Waals surface area contributed by atoms with Gasteiger partial charge in [-0.3, -0.25) is 9.10 Å². The molecule has 0 atom stereocenters. The van der Waals surface area contributed by atoms with E-state index in [9.17, 15) is 13.2 Å². The number of carbonyl (C=O) groups excluding carboxylic acids is 1. The van der Waals surface area contributed by atoms with E-state index in [1.807, 2.05) is 42.5 Å². The van der Waals surface area contributed by atoms with Crippen LogP contribution >= 0.6 is 11.3 Å². The molecule has 4 aromatic rings. The van der Waals surface area contributed by atoms with Gasteiger partial charge in [0.05, 0.1) is 26.3 Å². The zero-order valence-electron chi connectivity index (χ0n) is 16.5. The highest BCUT2D eigenvalue weighted by atomic mass is 32.2. The Labute approximate surface area is 184 Å². The van der Waals surface area contributed by atoms with E-state index in [1.165, 1.54) is 27.8 Å². The smallest absolute Gasteiger partial charge is 0.264 e. The van der Waals surface area contributed by atoms with Gasteiger partial charge in [0.15, 0.2) is 0 Å². The molecular weight excluding hydrogens is 430 g/mol. The first-order valence-electron chi connectivity index (χ1n) is 9.88. The molecule has 0 saturated carbocycles. The highest BCUT2D eigenvalue weighted by Gasteiger charge is 2.28. The molecule has 1 amide bonds. The molecule has 5 rings (SSSR count). The lowest BCUT2D eigenvalue weighted by Crippen LogP contribution is -2.35. The Balaban J connectivity index is 1.37. The second-order valence-electron chi connectivity index (χ2n) is 7.32. The van der Waals surface area contributed by atoms with E-state index in [0.717, 1.165) is 34.3 Å². The highest BCUT2D eigenvalue weighted by molar-refractivity contribution is 7.92. The van der Waals surface area contributed by atoms with E-state index < -0.39 is 10.0 Å². The molecule has 0 aliphatic carbocycles. The van der Waals surface area contributed by atoms with Gasteiger partial charge in [-0.05, 0) is 66.9 Å². The summed E-state index contributed by atoms with van der Waals surface area (Å²) in [5.41, 5.74) is 5.38. The molecule has 1 aliphatic heterocycles. The number of rotatable bonds is 4. The van der Waals surface area contributed by atoms with Gasteiger partial charge in [0, 0.05) is 17.8 Å². The largest absolute Gasteiger partial charge is 0.322 e. The molecule has 0 saturated heterocycles. The third kappa shape index (κ3) is 3.68. The van der Waals surface area contributed by atoms with Crippen LogP contribution in [0.1, 0.15) is 22.3 Å². The van der Waals surface area contributed by atoms with Crippen LogP contribution in [0.2, 0.25) is 0 Å². The van der Waals surface area contributed by atoms with E-state index in [-0.39, 0.29) is 10.8 Å². The summed E-state index contributed by atoms with van der Waals surface area (Å²) in [5.74, 6) is -0.304. The number of para-hydroxylation sites is 1. The number of thiazole rings is 1. The maximum absolute atomic E-state index is 13.2. The van der Waals surface area contributed by atoms with Gasteiger partial charge in [0.1, 0.15) is 0 Å². The average Bonchev–Trinajstić information content (AvgIpc) is 3.26. The Hall–Kier alpha value is -3.23. The van der Waals surface area contributed by atoms with Crippen molar-refractivity contribution in [1.82, 2.24) is 4.98 Å². The van der Waals surface area contributed by atoms with Crippen molar-refractivity contribution in [1.29, 1.82) is 0 Å². The molecule has 8 heteroatoms. The van der Waals surface area contributed by atoms with Gasteiger partial charge in [-0.2, -0.15) is 0 Å². The number of amides is 1.